The molecular weight excluding hydrogens is 369 g/mol. The summed E-state index contributed by atoms with van der Waals surface area (Å²) in [5.41, 5.74) is 1.60. The van der Waals surface area contributed by atoms with Crippen LogP contribution < -0.4 is 4.74 Å². The average Bonchev–Trinajstić information content (AvgIpc) is 2.89. The number of imide groups is 1. The van der Waals surface area contributed by atoms with E-state index in [2.05, 4.69) is 0 Å². The molecule has 140 valence electrons. The van der Waals surface area contributed by atoms with Crippen LogP contribution in [-0.4, -0.2) is 29.9 Å². The van der Waals surface area contributed by atoms with Crippen LogP contribution in [-0.2, 0) is 16.0 Å². The van der Waals surface area contributed by atoms with Crippen LogP contribution in [0.1, 0.15) is 24.5 Å². The minimum atomic E-state index is -0.509. The highest BCUT2D eigenvalue weighted by atomic mass is 35.5. The van der Waals surface area contributed by atoms with Crippen LogP contribution in [0.4, 0.5) is 4.39 Å². The number of carbonyl (C=O) groups excluding carboxylic acids is 2. The average molecular weight is 388 g/mol. The summed E-state index contributed by atoms with van der Waals surface area (Å²) < 4.78 is 18.5. The first-order valence-electron chi connectivity index (χ1n) is 8.75. The Hall–Kier alpha value is -2.66. The maximum Gasteiger partial charge on any atom is 0.273 e. The summed E-state index contributed by atoms with van der Waals surface area (Å²) in [6, 6.07) is 12.9. The monoisotopic (exact) mass is 387 g/mol. The van der Waals surface area contributed by atoms with Crippen molar-refractivity contribution in [1.82, 2.24) is 4.90 Å². The van der Waals surface area contributed by atoms with Gasteiger partial charge in [-0.25, -0.2) is 4.39 Å². The lowest BCUT2D eigenvalue weighted by molar-refractivity contribution is -0.136. The quantitative estimate of drug-likeness (QED) is 0.670. The van der Waals surface area contributed by atoms with Crippen molar-refractivity contribution >= 4 is 29.0 Å². The van der Waals surface area contributed by atoms with Crippen LogP contribution in [0.25, 0.3) is 5.57 Å². The van der Waals surface area contributed by atoms with Gasteiger partial charge in [-0.15, -0.1) is 0 Å². The molecule has 0 aliphatic carbocycles. The van der Waals surface area contributed by atoms with Crippen molar-refractivity contribution in [3.05, 3.63) is 70.5 Å². The minimum Gasteiger partial charge on any atom is -0.494 e. The second kappa shape index (κ2) is 8.35. The lowest BCUT2D eigenvalue weighted by atomic mass is 10.1. The van der Waals surface area contributed by atoms with E-state index in [1.165, 1.54) is 12.1 Å². The number of amides is 2. The molecule has 2 amide bonds. The third-order valence-electron chi connectivity index (χ3n) is 4.26. The van der Waals surface area contributed by atoms with E-state index in [1.54, 1.807) is 36.4 Å². The second-order valence-electron chi connectivity index (χ2n) is 6.20. The molecule has 0 bridgehead atoms. The van der Waals surface area contributed by atoms with Crippen molar-refractivity contribution in [2.24, 2.45) is 0 Å². The largest absolute Gasteiger partial charge is 0.494 e. The Morgan fingerprint density at radius 1 is 1.00 bits per heavy atom. The Morgan fingerprint density at radius 2 is 1.67 bits per heavy atom. The highest BCUT2D eigenvalue weighted by molar-refractivity contribution is 6.55. The highest BCUT2D eigenvalue weighted by Crippen LogP contribution is 2.32. The van der Waals surface area contributed by atoms with Gasteiger partial charge in [0.2, 0.25) is 0 Å². The van der Waals surface area contributed by atoms with Gasteiger partial charge in [0.05, 0.1) is 12.2 Å². The van der Waals surface area contributed by atoms with Crippen LogP contribution in [0.2, 0.25) is 0 Å². The molecule has 0 unspecified atom stereocenters. The van der Waals surface area contributed by atoms with Crippen molar-refractivity contribution in [3.63, 3.8) is 0 Å². The second-order valence-corrected chi connectivity index (χ2v) is 6.58. The zero-order valence-electron chi connectivity index (χ0n) is 14.9. The van der Waals surface area contributed by atoms with E-state index in [0.717, 1.165) is 16.9 Å². The first-order chi connectivity index (χ1) is 13.0. The van der Waals surface area contributed by atoms with E-state index in [-0.39, 0.29) is 23.0 Å². The number of halogens is 2. The smallest absolute Gasteiger partial charge is 0.273 e. The van der Waals surface area contributed by atoms with Gasteiger partial charge in [-0.2, -0.15) is 0 Å². The summed E-state index contributed by atoms with van der Waals surface area (Å²) in [7, 11) is 0. The molecule has 1 aliphatic heterocycles. The zero-order chi connectivity index (χ0) is 19.4. The fourth-order valence-electron chi connectivity index (χ4n) is 2.83. The van der Waals surface area contributed by atoms with E-state index >= 15 is 0 Å². The number of ether oxygens (including phenoxy) is 1. The van der Waals surface area contributed by atoms with Gasteiger partial charge < -0.3 is 4.74 Å². The number of hydrogen-bond acceptors (Lipinski definition) is 3. The molecule has 6 heteroatoms. The summed E-state index contributed by atoms with van der Waals surface area (Å²) in [6.07, 6.45) is 1.33. The molecule has 0 radical (unpaired) electrons. The Bertz CT molecular complexity index is 875. The SMILES string of the molecule is CCCOc1ccc(C2=C(Cl)C(=O)N(CCc3ccc(F)cc3)C2=O)cc1. The normalized spacial score (nSPS) is 14.3. The molecule has 1 aliphatic rings. The molecule has 0 fully saturated rings. The van der Waals surface area contributed by atoms with Crippen LogP contribution in [0.3, 0.4) is 0 Å². The molecule has 1 heterocycles. The molecule has 27 heavy (non-hydrogen) atoms. The Kier molecular flexibility index (Phi) is 5.91. The number of carbonyl (C=O) groups is 2. The third-order valence-corrected chi connectivity index (χ3v) is 4.62. The number of benzene rings is 2. The molecule has 2 aromatic rings. The number of rotatable bonds is 7. The molecule has 2 aromatic carbocycles. The van der Waals surface area contributed by atoms with Gasteiger partial charge in [0.1, 0.15) is 16.6 Å². The predicted octanol–water partition coefficient (Wildman–Crippen LogP) is 4.18. The van der Waals surface area contributed by atoms with Crippen molar-refractivity contribution in [2.45, 2.75) is 19.8 Å². The van der Waals surface area contributed by atoms with Crippen LogP contribution in [0, 0.1) is 5.82 Å². The molecule has 4 nitrogen and oxygen atoms in total. The molecule has 0 N–H and O–H groups in total. The van der Waals surface area contributed by atoms with E-state index in [1.807, 2.05) is 6.92 Å². The summed E-state index contributed by atoms with van der Waals surface area (Å²) in [5, 5.41) is -0.0821. The maximum atomic E-state index is 13.0. The first kappa shape index (κ1) is 19.1. The standard InChI is InChI=1S/C21H19ClFNO3/c1-2-13-27-17-9-5-15(6-10-17)18-19(22)21(26)24(20(18)25)12-11-14-3-7-16(23)8-4-14/h3-10H,2,11-13H2,1H3. The molecule has 3 rings (SSSR count). The molecule has 0 aromatic heterocycles. The van der Waals surface area contributed by atoms with Crippen LogP contribution in [0.15, 0.2) is 53.6 Å². The van der Waals surface area contributed by atoms with E-state index in [9.17, 15) is 14.0 Å². The lowest BCUT2D eigenvalue weighted by Crippen LogP contribution is -2.33. The molecular formula is C21H19ClFNO3. The number of nitrogens with zero attached hydrogens (tertiary/aromatic N) is 1. The summed E-state index contributed by atoms with van der Waals surface area (Å²) in [4.78, 5) is 26.3. The molecule has 0 saturated carbocycles. The highest BCUT2D eigenvalue weighted by Gasteiger charge is 2.37. The topological polar surface area (TPSA) is 46.6 Å². The fraction of sp³-hybridized carbons (Fsp3) is 0.238. The van der Waals surface area contributed by atoms with Crippen molar-refractivity contribution < 1.29 is 18.7 Å². The number of hydrogen-bond donors (Lipinski definition) is 0. The first-order valence-corrected chi connectivity index (χ1v) is 9.12. The Balaban J connectivity index is 1.72. The third kappa shape index (κ3) is 4.19. The van der Waals surface area contributed by atoms with E-state index < -0.39 is 11.8 Å². The maximum absolute atomic E-state index is 13.0. The van der Waals surface area contributed by atoms with Gasteiger partial charge in [-0.3, -0.25) is 14.5 Å². The van der Waals surface area contributed by atoms with Crippen LogP contribution in [0.5, 0.6) is 5.75 Å². The Labute approximate surface area is 162 Å². The molecule has 0 saturated heterocycles. The summed E-state index contributed by atoms with van der Waals surface area (Å²) in [5.74, 6) is -0.563. The van der Waals surface area contributed by atoms with Crippen LogP contribution >= 0.6 is 11.6 Å². The minimum absolute atomic E-state index is 0.0821. The van der Waals surface area contributed by atoms with Gasteiger partial charge in [0.15, 0.2) is 0 Å². The fourth-order valence-corrected chi connectivity index (χ4v) is 3.12. The van der Waals surface area contributed by atoms with Crippen molar-refractivity contribution in [2.75, 3.05) is 13.2 Å². The lowest BCUT2D eigenvalue weighted by Gasteiger charge is -2.15. The van der Waals surface area contributed by atoms with Gasteiger partial charge in [-0.1, -0.05) is 42.8 Å². The van der Waals surface area contributed by atoms with E-state index in [4.69, 9.17) is 16.3 Å². The van der Waals surface area contributed by atoms with Gasteiger partial charge in [0.25, 0.3) is 11.8 Å². The molecule has 0 spiro atoms. The summed E-state index contributed by atoms with van der Waals surface area (Å²) >= 11 is 6.17. The predicted molar refractivity (Wildman–Crippen MR) is 102 cm³/mol. The van der Waals surface area contributed by atoms with E-state index in [0.29, 0.717) is 24.3 Å². The van der Waals surface area contributed by atoms with Crippen molar-refractivity contribution in [1.29, 1.82) is 0 Å². The van der Waals surface area contributed by atoms with Gasteiger partial charge in [-0.05, 0) is 48.2 Å². The summed E-state index contributed by atoms with van der Waals surface area (Å²) in [6.45, 7) is 2.81. The van der Waals surface area contributed by atoms with Gasteiger partial charge in [0, 0.05) is 6.54 Å². The molecule has 0 atom stereocenters. The van der Waals surface area contributed by atoms with Crippen molar-refractivity contribution in [3.8, 4) is 5.75 Å². The Morgan fingerprint density at radius 3 is 2.30 bits per heavy atom. The van der Waals surface area contributed by atoms with Gasteiger partial charge >= 0.3 is 0 Å². The zero-order valence-corrected chi connectivity index (χ0v) is 15.6.